The second-order valence-corrected chi connectivity index (χ2v) is 3.19. The number of rotatable bonds is 2. The molecule has 0 spiro atoms. The van der Waals surface area contributed by atoms with E-state index in [0.29, 0.717) is 11.2 Å². The molecule has 0 unspecified atom stereocenters. The lowest BCUT2D eigenvalue weighted by molar-refractivity contribution is 0.403. The van der Waals surface area contributed by atoms with Crippen LogP contribution in [0, 0.1) is 0 Å². The predicted molar refractivity (Wildman–Crippen MR) is 58.1 cm³/mol. The number of hydrogen-bond donors (Lipinski definition) is 2. The lowest BCUT2D eigenvalue weighted by Crippen LogP contribution is -2.31. The lowest BCUT2D eigenvalue weighted by Gasteiger charge is -2.09. The van der Waals surface area contributed by atoms with E-state index in [1.165, 1.54) is 7.11 Å². The van der Waals surface area contributed by atoms with Gasteiger partial charge >= 0.3 is 7.12 Å². The van der Waals surface area contributed by atoms with Gasteiger partial charge in [0, 0.05) is 23.2 Å². The number of hydrogen-bond acceptors (Lipinski definition) is 4. The molecule has 0 aliphatic rings. The van der Waals surface area contributed by atoms with Crippen molar-refractivity contribution in [2.75, 3.05) is 7.11 Å². The molecule has 1 heterocycles. The molecule has 1 aromatic heterocycles. The van der Waals surface area contributed by atoms with Gasteiger partial charge in [-0.1, -0.05) is 6.07 Å². The number of fused-ring (bicyclic) bond motifs is 1. The van der Waals surface area contributed by atoms with Gasteiger partial charge in [0.1, 0.15) is 5.75 Å². The van der Waals surface area contributed by atoms with Gasteiger partial charge in [-0.3, -0.25) is 4.98 Å². The molecule has 0 atom stereocenters. The Balaban J connectivity index is 2.69. The summed E-state index contributed by atoms with van der Waals surface area (Å²) in [5.41, 5.74) is 0.358. The molecule has 0 amide bonds. The number of nitrogens with zero attached hydrogens (tertiary/aromatic N) is 1. The minimum atomic E-state index is -1.53. The van der Waals surface area contributed by atoms with E-state index in [2.05, 4.69) is 4.98 Å². The van der Waals surface area contributed by atoms with Crippen LogP contribution in [-0.2, 0) is 0 Å². The molecule has 2 aromatic rings. The Bertz CT molecular complexity index is 487. The summed E-state index contributed by atoms with van der Waals surface area (Å²) in [4.78, 5) is 3.98. The van der Waals surface area contributed by atoms with Crippen LogP contribution in [0.4, 0.5) is 0 Å². The van der Waals surface area contributed by atoms with Crippen molar-refractivity contribution in [3.05, 3.63) is 30.6 Å². The molecule has 0 saturated carbocycles. The third kappa shape index (κ3) is 1.79. The second kappa shape index (κ2) is 3.88. The maximum Gasteiger partial charge on any atom is 0.492 e. The first kappa shape index (κ1) is 9.95. The highest BCUT2D eigenvalue weighted by Gasteiger charge is 2.17. The van der Waals surface area contributed by atoms with E-state index in [1.807, 2.05) is 0 Å². The van der Waals surface area contributed by atoms with Crippen molar-refractivity contribution < 1.29 is 14.8 Å². The fourth-order valence-electron chi connectivity index (χ4n) is 1.51. The van der Waals surface area contributed by atoms with Crippen LogP contribution in [0.15, 0.2) is 30.6 Å². The van der Waals surface area contributed by atoms with Crippen LogP contribution in [0.2, 0.25) is 0 Å². The molecule has 0 saturated heterocycles. The van der Waals surface area contributed by atoms with Crippen LogP contribution in [0.3, 0.4) is 0 Å². The molecule has 0 fully saturated rings. The molecular weight excluding hydrogens is 193 g/mol. The summed E-state index contributed by atoms with van der Waals surface area (Å²) in [6, 6.07) is 5.22. The zero-order valence-corrected chi connectivity index (χ0v) is 8.21. The summed E-state index contributed by atoms with van der Waals surface area (Å²) >= 11 is 0. The monoisotopic (exact) mass is 203 g/mol. The maximum absolute atomic E-state index is 9.16. The first-order valence-electron chi connectivity index (χ1n) is 4.50. The zero-order valence-electron chi connectivity index (χ0n) is 8.21. The largest absolute Gasteiger partial charge is 0.497 e. The van der Waals surface area contributed by atoms with Crippen molar-refractivity contribution in [3.8, 4) is 5.75 Å². The van der Waals surface area contributed by atoms with E-state index in [9.17, 15) is 0 Å². The molecule has 2 rings (SSSR count). The molecule has 0 aliphatic carbocycles. The Morgan fingerprint density at radius 2 is 2.07 bits per heavy atom. The van der Waals surface area contributed by atoms with Gasteiger partial charge < -0.3 is 14.8 Å². The summed E-state index contributed by atoms with van der Waals surface area (Å²) < 4.78 is 5.07. The number of ether oxygens (including phenoxy) is 1. The van der Waals surface area contributed by atoms with E-state index < -0.39 is 7.12 Å². The van der Waals surface area contributed by atoms with Gasteiger partial charge in [-0.05, 0) is 17.5 Å². The van der Waals surface area contributed by atoms with Crippen molar-refractivity contribution in [2.45, 2.75) is 0 Å². The van der Waals surface area contributed by atoms with E-state index in [0.717, 1.165) is 10.8 Å². The summed E-state index contributed by atoms with van der Waals surface area (Å²) in [6.45, 7) is 0. The summed E-state index contributed by atoms with van der Waals surface area (Å²) in [7, 11) is -0.0406. The standard InChI is InChI=1S/C10H10BNO3/c1-15-10-5-8-6-12-3-2-7(8)4-9(10)11(13)14/h2-6,13-14H,1H3. The van der Waals surface area contributed by atoms with Gasteiger partial charge in [-0.2, -0.15) is 0 Å². The van der Waals surface area contributed by atoms with Crippen molar-refractivity contribution in [1.29, 1.82) is 0 Å². The van der Waals surface area contributed by atoms with Crippen molar-refractivity contribution in [1.82, 2.24) is 4.98 Å². The van der Waals surface area contributed by atoms with Crippen molar-refractivity contribution in [3.63, 3.8) is 0 Å². The molecule has 4 nitrogen and oxygen atoms in total. The van der Waals surface area contributed by atoms with Gasteiger partial charge in [0.15, 0.2) is 0 Å². The Labute approximate surface area is 87.3 Å². The molecule has 5 heteroatoms. The summed E-state index contributed by atoms with van der Waals surface area (Å²) in [5, 5.41) is 20.1. The first-order valence-corrected chi connectivity index (χ1v) is 4.50. The maximum atomic E-state index is 9.16. The average molecular weight is 203 g/mol. The Morgan fingerprint density at radius 3 is 2.73 bits per heavy atom. The molecule has 0 aliphatic heterocycles. The fraction of sp³-hybridized carbons (Fsp3) is 0.100. The van der Waals surface area contributed by atoms with Gasteiger partial charge in [0.05, 0.1) is 7.11 Å². The molecule has 15 heavy (non-hydrogen) atoms. The average Bonchev–Trinajstić information content (AvgIpc) is 2.27. The fourth-order valence-corrected chi connectivity index (χ4v) is 1.51. The molecule has 0 bridgehead atoms. The Morgan fingerprint density at radius 1 is 1.27 bits per heavy atom. The Kier molecular flexibility index (Phi) is 2.57. The molecule has 1 aromatic carbocycles. The number of pyridine rings is 1. The van der Waals surface area contributed by atoms with Crippen LogP contribution >= 0.6 is 0 Å². The number of benzene rings is 1. The molecule has 0 radical (unpaired) electrons. The van der Waals surface area contributed by atoms with E-state index in [-0.39, 0.29) is 0 Å². The van der Waals surface area contributed by atoms with Crippen molar-refractivity contribution >= 4 is 23.4 Å². The smallest absolute Gasteiger partial charge is 0.492 e. The third-order valence-corrected chi connectivity index (χ3v) is 2.27. The zero-order chi connectivity index (χ0) is 10.8. The SMILES string of the molecule is COc1cc2cnccc2cc1B(O)O. The van der Waals surface area contributed by atoms with E-state index >= 15 is 0 Å². The highest BCUT2D eigenvalue weighted by Crippen LogP contribution is 2.17. The molecule has 2 N–H and O–H groups in total. The number of aromatic nitrogens is 1. The van der Waals surface area contributed by atoms with Gasteiger partial charge in [0.2, 0.25) is 0 Å². The highest BCUT2D eigenvalue weighted by atomic mass is 16.5. The van der Waals surface area contributed by atoms with Gasteiger partial charge in [0.25, 0.3) is 0 Å². The second-order valence-electron chi connectivity index (χ2n) is 3.19. The number of methoxy groups -OCH3 is 1. The summed E-state index contributed by atoms with van der Waals surface area (Å²) in [5.74, 6) is 0.450. The Hall–Kier alpha value is -1.59. The molecule has 76 valence electrons. The first-order chi connectivity index (χ1) is 7.22. The third-order valence-electron chi connectivity index (χ3n) is 2.27. The highest BCUT2D eigenvalue weighted by molar-refractivity contribution is 6.60. The van der Waals surface area contributed by atoms with Gasteiger partial charge in [-0.25, -0.2) is 0 Å². The normalized spacial score (nSPS) is 10.3. The van der Waals surface area contributed by atoms with Crippen LogP contribution in [0.25, 0.3) is 10.8 Å². The van der Waals surface area contributed by atoms with Crippen molar-refractivity contribution in [2.24, 2.45) is 0 Å². The van der Waals surface area contributed by atoms with Gasteiger partial charge in [-0.15, -0.1) is 0 Å². The molecular formula is C10H10BNO3. The predicted octanol–water partition coefficient (Wildman–Crippen LogP) is -0.0768. The van der Waals surface area contributed by atoms with Crippen LogP contribution in [-0.4, -0.2) is 29.3 Å². The van der Waals surface area contributed by atoms with Crippen LogP contribution in [0.1, 0.15) is 0 Å². The quantitative estimate of drug-likeness (QED) is 0.670. The lowest BCUT2D eigenvalue weighted by atomic mass is 9.78. The minimum absolute atomic E-state index is 0.358. The minimum Gasteiger partial charge on any atom is -0.497 e. The van der Waals surface area contributed by atoms with Crippen LogP contribution < -0.4 is 10.2 Å². The van der Waals surface area contributed by atoms with Crippen LogP contribution in [0.5, 0.6) is 5.75 Å². The van der Waals surface area contributed by atoms with E-state index in [1.54, 1.807) is 30.6 Å². The summed E-state index contributed by atoms with van der Waals surface area (Å²) in [6.07, 6.45) is 3.35. The van der Waals surface area contributed by atoms with E-state index in [4.69, 9.17) is 14.8 Å². The topological polar surface area (TPSA) is 62.6 Å².